The van der Waals surface area contributed by atoms with Crippen LogP contribution < -0.4 is 10.7 Å². The zero-order chi connectivity index (χ0) is 12.8. The third-order valence-corrected chi connectivity index (χ3v) is 2.76. The Hall–Kier alpha value is -2.17. The van der Waals surface area contributed by atoms with Gasteiger partial charge in [0.1, 0.15) is 0 Å². The molecule has 1 aromatic rings. The molecule has 94 valence electrons. The van der Waals surface area contributed by atoms with Crippen molar-refractivity contribution in [3.8, 4) is 0 Å². The van der Waals surface area contributed by atoms with Crippen LogP contribution in [0.25, 0.3) is 0 Å². The topological polar surface area (TPSA) is 70.6 Å². The van der Waals surface area contributed by atoms with Crippen LogP contribution in [0.1, 0.15) is 12.8 Å². The van der Waals surface area contributed by atoms with E-state index < -0.39 is 17.6 Å². The van der Waals surface area contributed by atoms with Gasteiger partial charge in [-0.05, 0) is 25.0 Å². The number of nitrogens with one attached hydrogen (secondary N) is 2. The van der Waals surface area contributed by atoms with Crippen molar-refractivity contribution in [2.75, 3.05) is 12.0 Å². The number of carbonyl (C=O) groups excluding carboxylic acids is 2. The molecule has 1 aliphatic rings. The third kappa shape index (κ3) is 3.16. The summed E-state index contributed by atoms with van der Waals surface area (Å²) in [7, 11) is 0. The lowest BCUT2D eigenvalue weighted by Gasteiger charge is -2.05. The van der Waals surface area contributed by atoms with Gasteiger partial charge in [0.25, 0.3) is 5.91 Å². The minimum atomic E-state index is -0.510. The van der Waals surface area contributed by atoms with Crippen molar-refractivity contribution >= 4 is 23.6 Å². The minimum absolute atomic E-state index is 0.411. The van der Waals surface area contributed by atoms with E-state index in [9.17, 15) is 9.59 Å². The van der Waals surface area contributed by atoms with Gasteiger partial charge in [-0.25, -0.2) is 0 Å². The van der Waals surface area contributed by atoms with Crippen LogP contribution in [0.5, 0.6) is 0 Å². The Labute approximate surface area is 105 Å². The second-order valence-corrected chi connectivity index (χ2v) is 4.12. The molecule has 5 heteroatoms. The van der Waals surface area contributed by atoms with Gasteiger partial charge in [0, 0.05) is 12.8 Å². The smallest absolute Gasteiger partial charge is 0.288 e. The van der Waals surface area contributed by atoms with Crippen LogP contribution in [0, 0.1) is 5.92 Å². The van der Waals surface area contributed by atoms with Crippen molar-refractivity contribution in [3.63, 3.8) is 0 Å². The highest BCUT2D eigenvalue weighted by Gasteiger charge is 2.25. The first-order valence-corrected chi connectivity index (χ1v) is 5.93. The van der Waals surface area contributed by atoms with Crippen molar-refractivity contribution < 1.29 is 9.59 Å². The molecule has 1 fully saturated rings. The zero-order valence-corrected chi connectivity index (χ0v) is 9.93. The normalized spacial score (nSPS) is 20.6. The summed E-state index contributed by atoms with van der Waals surface area (Å²) in [6, 6.07) is 9.44. The van der Waals surface area contributed by atoms with Gasteiger partial charge in [0.2, 0.25) is 5.78 Å². The predicted octanol–water partition coefficient (Wildman–Crippen LogP) is 1.18. The number of Topliss-reactive ketones (excluding diaryl/α,β-unsaturated/α-hetero) is 1. The van der Waals surface area contributed by atoms with E-state index in [1.54, 1.807) is 0 Å². The lowest BCUT2D eigenvalue weighted by molar-refractivity contribution is -0.138. The lowest BCUT2D eigenvalue weighted by atomic mass is 10.0. The van der Waals surface area contributed by atoms with Gasteiger partial charge in [0.15, 0.2) is 0 Å². The Balaban J connectivity index is 1.95. The summed E-state index contributed by atoms with van der Waals surface area (Å²) >= 11 is 0. The predicted molar refractivity (Wildman–Crippen MR) is 69.3 cm³/mol. The molecule has 1 saturated heterocycles. The van der Waals surface area contributed by atoms with E-state index in [-0.39, 0.29) is 0 Å². The molecule has 18 heavy (non-hydrogen) atoms. The number of benzene rings is 1. The summed E-state index contributed by atoms with van der Waals surface area (Å²) in [5.74, 6) is -1.35. The molecule has 1 atom stereocenters. The monoisotopic (exact) mass is 245 g/mol. The van der Waals surface area contributed by atoms with E-state index in [2.05, 4.69) is 15.8 Å². The maximum absolute atomic E-state index is 11.7. The Morgan fingerprint density at radius 3 is 2.83 bits per heavy atom. The van der Waals surface area contributed by atoms with Gasteiger partial charge >= 0.3 is 0 Å². The van der Waals surface area contributed by atoms with Crippen molar-refractivity contribution in [2.45, 2.75) is 12.8 Å². The first-order chi connectivity index (χ1) is 8.77. The quantitative estimate of drug-likeness (QED) is 0.477. The second kappa shape index (κ2) is 5.95. The number of rotatable bonds is 3. The van der Waals surface area contributed by atoms with Crippen molar-refractivity contribution in [1.82, 2.24) is 5.32 Å². The number of hydrazone groups is 1. The number of amides is 1. The Kier molecular flexibility index (Phi) is 4.06. The summed E-state index contributed by atoms with van der Waals surface area (Å²) in [6.45, 7) is 0.557. The molecule has 1 aliphatic heterocycles. The van der Waals surface area contributed by atoms with Gasteiger partial charge in [-0.3, -0.25) is 15.0 Å². The molecule has 2 N–H and O–H groups in total. The first kappa shape index (κ1) is 12.3. The molecule has 1 unspecified atom stereocenters. The Morgan fingerprint density at radius 1 is 1.28 bits per heavy atom. The maximum Gasteiger partial charge on any atom is 0.288 e. The fourth-order valence-corrected chi connectivity index (χ4v) is 1.77. The third-order valence-electron chi connectivity index (χ3n) is 2.76. The van der Waals surface area contributed by atoms with Crippen LogP contribution in [0.2, 0.25) is 0 Å². The molecule has 1 amide bonds. The molecule has 0 saturated carbocycles. The number of para-hydroxylation sites is 1. The summed E-state index contributed by atoms with van der Waals surface area (Å²) in [4.78, 5) is 23.0. The highest BCUT2D eigenvalue weighted by Crippen LogP contribution is 2.10. The molecule has 0 radical (unpaired) electrons. The van der Waals surface area contributed by atoms with E-state index in [1.807, 2.05) is 30.3 Å². The van der Waals surface area contributed by atoms with Gasteiger partial charge in [0.05, 0.1) is 11.6 Å². The van der Waals surface area contributed by atoms with Gasteiger partial charge in [-0.15, -0.1) is 0 Å². The van der Waals surface area contributed by atoms with E-state index in [0.717, 1.165) is 12.1 Å². The standard InChI is InChI=1S/C13H15N3O2/c17-12-10(5-4-8-14-13(12)18)9-15-16-11-6-2-1-3-7-11/h1-3,6-7,9-10,16H,4-5,8H2,(H,14,18)/b15-9+. The summed E-state index contributed by atoms with van der Waals surface area (Å²) in [6.07, 6.45) is 2.96. The van der Waals surface area contributed by atoms with E-state index in [4.69, 9.17) is 0 Å². The average molecular weight is 245 g/mol. The van der Waals surface area contributed by atoms with E-state index in [1.165, 1.54) is 6.21 Å². The van der Waals surface area contributed by atoms with Crippen molar-refractivity contribution in [1.29, 1.82) is 0 Å². The molecule has 0 aliphatic carbocycles. The first-order valence-electron chi connectivity index (χ1n) is 5.93. The number of carbonyl (C=O) groups is 2. The number of ketones is 1. The Morgan fingerprint density at radius 2 is 2.06 bits per heavy atom. The molecule has 0 spiro atoms. The van der Waals surface area contributed by atoms with Crippen LogP contribution in [-0.2, 0) is 9.59 Å². The maximum atomic E-state index is 11.7. The van der Waals surface area contributed by atoms with Gasteiger partial charge in [-0.2, -0.15) is 5.10 Å². The highest BCUT2D eigenvalue weighted by atomic mass is 16.2. The average Bonchev–Trinajstić information content (AvgIpc) is 2.55. The summed E-state index contributed by atoms with van der Waals surface area (Å²) in [5.41, 5.74) is 3.68. The number of hydrogen-bond donors (Lipinski definition) is 2. The molecule has 0 bridgehead atoms. The summed E-state index contributed by atoms with van der Waals surface area (Å²) < 4.78 is 0. The van der Waals surface area contributed by atoms with Gasteiger partial charge < -0.3 is 5.32 Å². The number of nitrogens with zero attached hydrogens (tertiary/aromatic N) is 1. The molecule has 1 heterocycles. The van der Waals surface area contributed by atoms with E-state index >= 15 is 0 Å². The number of hydrogen-bond acceptors (Lipinski definition) is 4. The number of anilines is 1. The molecule has 5 nitrogen and oxygen atoms in total. The second-order valence-electron chi connectivity index (χ2n) is 4.12. The van der Waals surface area contributed by atoms with Crippen LogP contribution in [0.15, 0.2) is 35.4 Å². The Bertz CT molecular complexity index is 457. The molecule has 0 aromatic heterocycles. The summed E-state index contributed by atoms with van der Waals surface area (Å²) in [5, 5.41) is 6.58. The van der Waals surface area contributed by atoms with Crippen LogP contribution >= 0.6 is 0 Å². The highest BCUT2D eigenvalue weighted by molar-refractivity contribution is 6.39. The SMILES string of the molecule is O=C1NCCCC(/C=N/Nc2ccccc2)C1=O. The largest absolute Gasteiger partial charge is 0.349 e. The van der Waals surface area contributed by atoms with Gasteiger partial charge in [-0.1, -0.05) is 18.2 Å². The lowest BCUT2D eigenvalue weighted by Crippen LogP contribution is -2.32. The fraction of sp³-hybridized carbons (Fsp3) is 0.308. The van der Waals surface area contributed by atoms with Crippen molar-refractivity contribution in [3.05, 3.63) is 30.3 Å². The fourth-order valence-electron chi connectivity index (χ4n) is 1.77. The molecular formula is C13H15N3O2. The van der Waals surface area contributed by atoms with Crippen LogP contribution in [-0.4, -0.2) is 24.4 Å². The zero-order valence-electron chi connectivity index (χ0n) is 9.93. The minimum Gasteiger partial charge on any atom is -0.349 e. The van der Waals surface area contributed by atoms with Crippen LogP contribution in [0.3, 0.4) is 0 Å². The molecule has 2 rings (SSSR count). The van der Waals surface area contributed by atoms with Crippen LogP contribution in [0.4, 0.5) is 5.69 Å². The molecule has 1 aromatic carbocycles. The van der Waals surface area contributed by atoms with Crippen molar-refractivity contribution in [2.24, 2.45) is 11.0 Å². The van der Waals surface area contributed by atoms with E-state index in [0.29, 0.717) is 13.0 Å². The molecular weight excluding hydrogens is 230 g/mol.